The third kappa shape index (κ3) is 3.28. The third-order valence-electron chi connectivity index (χ3n) is 2.89. The molecule has 0 aliphatic carbocycles. The van der Waals surface area contributed by atoms with Gasteiger partial charge in [-0.3, -0.25) is 0 Å². The lowest BCUT2D eigenvalue weighted by Crippen LogP contribution is -2.08. The van der Waals surface area contributed by atoms with Gasteiger partial charge < -0.3 is 20.5 Å². The maximum Gasteiger partial charge on any atom is 0.160 e. The highest BCUT2D eigenvalue weighted by molar-refractivity contribution is 5.58. The van der Waals surface area contributed by atoms with E-state index >= 15 is 0 Å². The Morgan fingerprint density at radius 1 is 1.20 bits per heavy atom. The van der Waals surface area contributed by atoms with Gasteiger partial charge in [0.15, 0.2) is 17.3 Å². The molecule has 0 saturated heterocycles. The molecule has 0 radical (unpaired) electrons. The van der Waals surface area contributed by atoms with Crippen LogP contribution in [0.25, 0.3) is 0 Å². The van der Waals surface area contributed by atoms with Crippen molar-refractivity contribution in [1.82, 2.24) is 9.97 Å². The number of methoxy groups -OCH3 is 2. The maximum atomic E-state index is 5.76. The monoisotopic (exact) mass is 274 g/mol. The Bertz CT molecular complexity index is 575. The van der Waals surface area contributed by atoms with E-state index < -0.39 is 0 Å². The summed E-state index contributed by atoms with van der Waals surface area (Å²) in [6.45, 7) is 0.719. The summed E-state index contributed by atoms with van der Waals surface area (Å²) in [5.74, 6) is 2.11. The molecule has 2 rings (SSSR count). The van der Waals surface area contributed by atoms with E-state index in [9.17, 15) is 0 Å². The fourth-order valence-corrected chi connectivity index (χ4v) is 1.85. The van der Waals surface area contributed by atoms with E-state index in [1.165, 1.54) is 6.33 Å². The van der Waals surface area contributed by atoms with Crippen molar-refractivity contribution >= 4 is 11.5 Å². The Morgan fingerprint density at radius 3 is 2.70 bits per heavy atom. The highest BCUT2D eigenvalue weighted by Gasteiger charge is 2.05. The summed E-state index contributed by atoms with van der Waals surface area (Å²) in [4.78, 5) is 7.93. The normalized spacial score (nSPS) is 10.1. The number of nitrogen functional groups attached to an aromatic ring is 1. The van der Waals surface area contributed by atoms with Gasteiger partial charge in [-0.1, -0.05) is 6.07 Å². The molecule has 20 heavy (non-hydrogen) atoms. The molecule has 2 aromatic rings. The maximum absolute atomic E-state index is 5.76. The molecule has 0 aliphatic rings. The van der Waals surface area contributed by atoms with Gasteiger partial charge in [0.25, 0.3) is 0 Å². The van der Waals surface area contributed by atoms with Crippen molar-refractivity contribution < 1.29 is 9.47 Å². The molecule has 3 N–H and O–H groups in total. The van der Waals surface area contributed by atoms with Crippen LogP contribution in [0.5, 0.6) is 11.5 Å². The van der Waals surface area contributed by atoms with E-state index in [4.69, 9.17) is 15.2 Å². The predicted octanol–water partition coefficient (Wildman–Crippen LogP) is 1.73. The van der Waals surface area contributed by atoms with Gasteiger partial charge in [0, 0.05) is 6.54 Å². The number of nitrogens with zero attached hydrogens (tertiary/aromatic N) is 2. The number of benzene rings is 1. The molecular weight excluding hydrogens is 256 g/mol. The van der Waals surface area contributed by atoms with Gasteiger partial charge in [-0.15, -0.1) is 0 Å². The molecule has 0 bridgehead atoms. The van der Waals surface area contributed by atoms with Gasteiger partial charge in [0.1, 0.15) is 6.33 Å². The second-order valence-electron chi connectivity index (χ2n) is 4.19. The van der Waals surface area contributed by atoms with E-state index in [-0.39, 0.29) is 0 Å². The summed E-state index contributed by atoms with van der Waals surface area (Å²) in [5, 5.41) is 3.18. The molecule has 1 aromatic carbocycles. The Morgan fingerprint density at radius 2 is 2.00 bits per heavy atom. The van der Waals surface area contributed by atoms with Crippen molar-refractivity contribution in [2.75, 3.05) is 31.8 Å². The molecular formula is C14H18N4O2. The lowest BCUT2D eigenvalue weighted by molar-refractivity contribution is 0.354. The van der Waals surface area contributed by atoms with Crippen molar-refractivity contribution in [3.8, 4) is 11.5 Å². The van der Waals surface area contributed by atoms with Gasteiger partial charge in [-0.2, -0.15) is 0 Å². The minimum atomic E-state index is 0.541. The van der Waals surface area contributed by atoms with E-state index in [0.717, 1.165) is 30.0 Å². The molecule has 106 valence electrons. The zero-order valence-electron chi connectivity index (χ0n) is 11.6. The molecule has 0 atom stereocenters. The number of hydrogen-bond donors (Lipinski definition) is 2. The van der Waals surface area contributed by atoms with Crippen LogP contribution in [0.4, 0.5) is 11.5 Å². The molecule has 6 heteroatoms. The Balaban J connectivity index is 1.96. The number of aromatic nitrogens is 2. The lowest BCUT2D eigenvalue weighted by atomic mass is 10.1. The zero-order valence-corrected chi connectivity index (χ0v) is 11.6. The summed E-state index contributed by atoms with van der Waals surface area (Å²) in [7, 11) is 3.25. The van der Waals surface area contributed by atoms with Crippen molar-refractivity contribution in [3.63, 3.8) is 0 Å². The first-order valence-electron chi connectivity index (χ1n) is 6.25. The second kappa shape index (κ2) is 6.60. The smallest absolute Gasteiger partial charge is 0.160 e. The molecule has 0 aliphatic heterocycles. The van der Waals surface area contributed by atoms with E-state index in [2.05, 4.69) is 15.3 Å². The van der Waals surface area contributed by atoms with Gasteiger partial charge in [-0.05, 0) is 24.1 Å². The first kappa shape index (κ1) is 13.9. The number of ether oxygens (including phenoxy) is 2. The van der Waals surface area contributed by atoms with Gasteiger partial charge in [0.05, 0.1) is 26.1 Å². The molecule has 1 heterocycles. The van der Waals surface area contributed by atoms with E-state index in [0.29, 0.717) is 11.5 Å². The SMILES string of the molecule is COc1ccc(CCNc2ncncc2N)cc1OC. The number of anilines is 2. The highest BCUT2D eigenvalue weighted by Crippen LogP contribution is 2.27. The van der Waals surface area contributed by atoms with Crippen LogP contribution >= 0.6 is 0 Å². The lowest BCUT2D eigenvalue weighted by Gasteiger charge is -2.10. The molecule has 0 amide bonds. The summed E-state index contributed by atoms with van der Waals surface area (Å²) in [6, 6.07) is 5.86. The number of nitrogens with one attached hydrogen (secondary N) is 1. The van der Waals surface area contributed by atoms with E-state index in [1.54, 1.807) is 20.4 Å². The van der Waals surface area contributed by atoms with Crippen LogP contribution < -0.4 is 20.5 Å². The minimum Gasteiger partial charge on any atom is -0.493 e. The van der Waals surface area contributed by atoms with Crippen molar-refractivity contribution in [2.45, 2.75) is 6.42 Å². The topological polar surface area (TPSA) is 82.3 Å². The molecule has 0 saturated carbocycles. The first-order chi connectivity index (χ1) is 9.74. The Hall–Kier alpha value is -2.50. The van der Waals surface area contributed by atoms with E-state index in [1.807, 2.05) is 18.2 Å². The zero-order chi connectivity index (χ0) is 14.4. The summed E-state index contributed by atoms with van der Waals surface area (Å²) in [5.41, 5.74) is 7.44. The van der Waals surface area contributed by atoms with Gasteiger partial charge >= 0.3 is 0 Å². The molecule has 0 spiro atoms. The molecule has 0 unspecified atom stereocenters. The number of rotatable bonds is 6. The summed E-state index contributed by atoms with van der Waals surface area (Å²) >= 11 is 0. The van der Waals surface area contributed by atoms with Crippen molar-refractivity contribution in [3.05, 3.63) is 36.3 Å². The third-order valence-corrected chi connectivity index (χ3v) is 2.89. The average Bonchev–Trinajstić information content (AvgIpc) is 2.49. The van der Waals surface area contributed by atoms with Gasteiger partial charge in [-0.25, -0.2) is 9.97 Å². The summed E-state index contributed by atoms with van der Waals surface area (Å²) < 4.78 is 10.5. The number of nitrogens with two attached hydrogens (primary N) is 1. The second-order valence-corrected chi connectivity index (χ2v) is 4.19. The standard InChI is InChI=1S/C14H18N4O2/c1-19-12-4-3-10(7-13(12)20-2)5-6-17-14-11(15)8-16-9-18-14/h3-4,7-9H,5-6,15H2,1-2H3,(H,16,17,18). The van der Waals surface area contributed by atoms with Crippen LogP contribution in [0.1, 0.15) is 5.56 Å². The average molecular weight is 274 g/mol. The largest absolute Gasteiger partial charge is 0.493 e. The molecule has 0 fully saturated rings. The highest BCUT2D eigenvalue weighted by atomic mass is 16.5. The molecule has 1 aromatic heterocycles. The quantitative estimate of drug-likeness (QED) is 0.834. The summed E-state index contributed by atoms with van der Waals surface area (Å²) in [6.07, 6.45) is 3.87. The van der Waals surface area contributed by atoms with Crippen molar-refractivity contribution in [2.24, 2.45) is 0 Å². The Kier molecular flexibility index (Phi) is 4.60. The fourth-order valence-electron chi connectivity index (χ4n) is 1.85. The van der Waals surface area contributed by atoms with Crippen LogP contribution in [0.2, 0.25) is 0 Å². The van der Waals surface area contributed by atoms with Crippen LogP contribution in [0.15, 0.2) is 30.7 Å². The van der Waals surface area contributed by atoms with Crippen LogP contribution in [-0.2, 0) is 6.42 Å². The van der Waals surface area contributed by atoms with Gasteiger partial charge in [0.2, 0.25) is 0 Å². The predicted molar refractivity (Wildman–Crippen MR) is 78.2 cm³/mol. The number of hydrogen-bond acceptors (Lipinski definition) is 6. The Labute approximate surface area is 118 Å². The molecule has 6 nitrogen and oxygen atoms in total. The fraction of sp³-hybridized carbons (Fsp3) is 0.286. The van der Waals surface area contributed by atoms with Crippen LogP contribution in [-0.4, -0.2) is 30.7 Å². The van der Waals surface area contributed by atoms with Crippen molar-refractivity contribution in [1.29, 1.82) is 0 Å². The minimum absolute atomic E-state index is 0.541. The first-order valence-corrected chi connectivity index (χ1v) is 6.25. The van der Waals surface area contributed by atoms with Crippen LogP contribution in [0, 0.1) is 0 Å². The van der Waals surface area contributed by atoms with Crippen LogP contribution in [0.3, 0.4) is 0 Å².